The molecule has 0 amide bonds. The largest absolute Gasteiger partial charge is 0.502 e. The van der Waals surface area contributed by atoms with Crippen LogP contribution in [0.4, 0.5) is 0 Å². The fraction of sp³-hybridized carbons (Fsp3) is 0.167. The van der Waals surface area contributed by atoms with Crippen molar-refractivity contribution in [2.75, 3.05) is 0 Å². The molecule has 1 unspecified atom stereocenters. The molecular formula is C12H10O5. The summed E-state index contributed by atoms with van der Waals surface area (Å²) < 4.78 is 4.81. The Hall–Kier alpha value is -2.30. The predicted octanol–water partition coefficient (Wildman–Crippen LogP) is 1.36. The number of ether oxygens (including phenoxy) is 1. The third kappa shape index (κ3) is 2.13. The van der Waals surface area contributed by atoms with Crippen LogP contribution in [0.2, 0.25) is 0 Å². The van der Waals surface area contributed by atoms with E-state index < -0.39 is 23.8 Å². The van der Waals surface area contributed by atoms with Crippen molar-refractivity contribution in [3.63, 3.8) is 0 Å². The number of aliphatic hydroxyl groups excluding tert-OH is 1. The molecule has 0 spiro atoms. The average Bonchev–Trinajstić information content (AvgIpc) is 2.55. The molecule has 1 aliphatic rings. The molecule has 1 aromatic carbocycles. The normalized spacial score (nSPS) is 19.3. The van der Waals surface area contributed by atoms with Gasteiger partial charge in [0.2, 0.25) is 5.76 Å². The standard InChI is InChI=1S/C12H10O5/c13-9(14)6-8-10(11(15)12(16)17-8)7-4-2-1-3-5-7/h1-5,8,15H,6H2,(H,13,14). The number of hydrogen-bond acceptors (Lipinski definition) is 4. The van der Waals surface area contributed by atoms with Gasteiger partial charge >= 0.3 is 11.9 Å². The molecule has 1 heterocycles. The van der Waals surface area contributed by atoms with E-state index in [4.69, 9.17) is 9.84 Å². The molecule has 1 atom stereocenters. The molecule has 0 saturated carbocycles. The van der Waals surface area contributed by atoms with E-state index in [1.54, 1.807) is 30.3 Å². The van der Waals surface area contributed by atoms with Gasteiger partial charge in [-0.1, -0.05) is 30.3 Å². The van der Waals surface area contributed by atoms with Crippen molar-refractivity contribution in [2.45, 2.75) is 12.5 Å². The van der Waals surface area contributed by atoms with Crippen LogP contribution in [-0.2, 0) is 14.3 Å². The smallest absolute Gasteiger partial charge is 0.374 e. The Balaban J connectivity index is 2.40. The zero-order valence-corrected chi connectivity index (χ0v) is 8.79. The highest BCUT2D eigenvalue weighted by atomic mass is 16.6. The van der Waals surface area contributed by atoms with Crippen molar-refractivity contribution in [3.8, 4) is 0 Å². The molecule has 0 saturated heterocycles. The minimum absolute atomic E-state index is 0.234. The van der Waals surface area contributed by atoms with Crippen molar-refractivity contribution in [3.05, 3.63) is 41.7 Å². The molecule has 0 radical (unpaired) electrons. The van der Waals surface area contributed by atoms with Crippen LogP contribution < -0.4 is 0 Å². The lowest BCUT2D eigenvalue weighted by Gasteiger charge is -2.11. The van der Waals surface area contributed by atoms with E-state index in [2.05, 4.69) is 0 Å². The minimum Gasteiger partial charge on any atom is -0.502 e. The molecule has 5 nitrogen and oxygen atoms in total. The number of carboxylic acids is 1. The highest BCUT2D eigenvalue weighted by molar-refractivity contribution is 6.01. The van der Waals surface area contributed by atoms with Gasteiger partial charge in [0.15, 0.2) is 0 Å². The number of aliphatic carboxylic acids is 1. The Kier molecular flexibility index (Phi) is 2.82. The first-order valence-corrected chi connectivity index (χ1v) is 5.01. The Morgan fingerprint density at radius 3 is 2.53 bits per heavy atom. The molecule has 17 heavy (non-hydrogen) atoms. The summed E-state index contributed by atoms with van der Waals surface area (Å²) in [6.07, 6.45) is -1.29. The van der Waals surface area contributed by atoms with E-state index in [-0.39, 0.29) is 12.0 Å². The summed E-state index contributed by atoms with van der Waals surface area (Å²) in [6.45, 7) is 0. The SMILES string of the molecule is O=C(O)CC1OC(=O)C(O)=C1c1ccccc1. The maximum Gasteiger partial charge on any atom is 0.374 e. The number of carboxylic acid groups (broad SMARTS) is 1. The number of carbonyl (C=O) groups excluding carboxylic acids is 1. The number of rotatable bonds is 3. The predicted molar refractivity (Wildman–Crippen MR) is 58.1 cm³/mol. The van der Waals surface area contributed by atoms with E-state index in [9.17, 15) is 14.7 Å². The molecule has 2 rings (SSSR count). The first-order chi connectivity index (χ1) is 8.09. The van der Waals surface area contributed by atoms with Crippen LogP contribution >= 0.6 is 0 Å². The van der Waals surface area contributed by atoms with Gasteiger partial charge in [0, 0.05) is 5.57 Å². The molecule has 1 aliphatic heterocycles. The van der Waals surface area contributed by atoms with Gasteiger partial charge in [-0.2, -0.15) is 0 Å². The van der Waals surface area contributed by atoms with Crippen LogP contribution in [0.25, 0.3) is 5.57 Å². The number of benzene rings is 1. The zero-order valence-electron chi connectivity index (χ0n) is 8.79. The summed E-state index contributed by atoms with van der Waals surface area (Å²) in [6, 6.07) is 8.61. The Bertz CT molecular complexity index is 489. The fourth-order valence-electron chi connectivity index (χ4n) is 1.75. The second-order valence-electron chi connectivity index (χ2n) is 3.62. The highest BCUT2D eigenvalue weighted by Gasteiger charge is 2.36. The van der Waals surface area contributed by atoms with Gasteiger partial charge in [-0.15, -0.1) is 0 Å². The molecule has 0 aliphatic carbocycles. The molecule has 2 N–H and O–H groups in total. The quantitative estimate of drug-likeness (QED) is 0.771. The molecule has 5 heteroatoms. The molecular weight excluding hydrogens is 224 g/mol. The minimum atomic E-state index is -1.09. The summed E-state index contributed by atoms with van der Waals surface area (Å²) in [7, 11) is 0. The maximum absolute atomic E-state index is 11.2. The van der Waals surface area contributed by atoms with E-state index >= 15 is 0 Å². The summed E-state index contributed by atoms with van der Waals surface area (Å²) >= 11 is 0. The second kappa shape index (κ2) is 4.29. The monoisotopic (exact) mass is 234 g/mol. The van der Waals surface area contributed by atoms with E-state index in [1.165, 1.54) is 0 Å². The van der Waals surface area contributed by atoms with Crippen molar-refractivity contribution < 1.29 is 24.5 Å². The van der Waals surface area contributed by atoms with Crippen LogP contribution in [0.5, 0.6) is 0 Å². The number of esters is 1. The van der Waals surface area contributed by atoms with E-state index in [1.807, 2.05) is 0 Å². The lowest BCUT2D eigenvalue weighted by molar-refractivity contribution is -0.146. The van der Waals surface area contributed by atoms with Crippen molar-refractivity contribution in [2.24, 2.45) is 0 Å². The third-order valence-electron chi connectivity index (χ3n) is 2.46. The lowest BCUT2D eigenvalue weighted by atomic mass is 9.99. The average molecular weight is 234 g/mol. The summed E-state index contributed by atoms with van der Waals surface area (Å²) in [4.78, 5) is 21.9. The molecule has 0 bridgehead atoms. The highest BCUT2D eigenvalue weighted by Crippen LogP contribution is 2.31. The van der Waals surface area contributed by atoms with Crippen molar-refractivity contribution >= 4 is 17.5 Å². The van der Waals surface area contributed by atoms with Crippen molar-refractivity contribution in [1.82, 2.24) is 0 Å². The second-order valence-corrected chi connectivity index (χ2v) is 3.62. The summed E-state index contributed by atoms with van der Waals surface area (Å²) in [5.74, 6) is -2.48. The topological polar surface area (TPSA) is 83.8 Å². The third-order valence-corrected chi connectivity index (χ3v) is 2.46. The summed E-state index contributed by atoms with van der Waals surface area (Å²) in [5.41, 5.74) is 0.820. The Labute approximate surface area is 97.0 Å². The maximum atomic E-state index is 11.2. The van der Waals surface area contributed by atoms with Crippen molar-refractivity contribution in [1.29, 1.82) is 0 Å². The summed E-state index contributed by atoms with van der Waals surface area (Å²) in [5, 5.41) is 18.3. The molecule has 1 aromatic rings. The van der Waals surface area contributed by atoms with Crippen LogP contribution in [0, 0.1) is 0 Å². The van der Waals surface area contributed by atoms with Crippen LogP contribution in [-0.4, -0.2) is 28.3 Å². The Morgan fingerprint density at radius 2 is 1.94 bits per heavy atom. The molecule has 88 valence electrons. The molecule has 0 fully saturated rings. The van der Waals surface area contributed by atoms with Gasteiger partial charge in [-0.3, -0.25) is 4.79 Å². The van der Waals surface area contributed by atoms with Gasteiger partial charge < -0.3 is 14.9 Å². The lowest BCUT2D eigenvalue weighted by Crippen LogP contribution is -2.16. The van der Waals surface area contributed by atoms with Crippen LogP contribution in [0.15, 0.2) is 36.1 Å². The number of aliphatic hydroxyl groups is 1. The van der Waals surface area contributed by atoms with Gasteiger partial charge in [0.05, 0.1) is 6.42 Å². The van der Waals surface area contributed by atoms with Crippen LogP contribution in [0.1, 0.15) is 12.0 Å². The van der Waals surface area contributed by atoms with Gasteiger partial charge in [0.1, 0.15) is 6.10 Å². The van der Waals surface area contributed by atoms with Crippen LogP contribution in [0.3, 0.4) is 0 Å². The van der Waals surface area contributed by atoms with Gasteiger partial charge in [-0.25, -0.2) is 4.79 Å². The fourth-order valence-corrected chi connectivity index (χ4v) is 1.75. The van der Waals surface area contributed by atoms with E-state index in [0.717, 1.165) is 0 Å². The molecule has 0 aromatic heterocycles. The van der Waals surface area contributed by atoms with Gasteiger partial charge in [-0.05, 0) is 5.56 Å². The first-order valence-electron chi connectivity index (χ1n) is 5.01. The van der Waals surface area contributed by atoms with Gasteiger partial charge in [0.25, 0.3) is 0 Å². The number of cyclic esters (lactones) is 1. The zero-order chi connectivity index (χ0) is 12.4. The first kappa shape index (κ1) is 11.2. The number of hydrogen-bond donors (Lipinski definition) is 2. The van der Waals surface area contributed by atoms with E-state index in [0.29, 0.717) is 5.56 Å². The Morgan fingerprint density at radius 1 is 1.29 bits per heavy atom. The number of carbonyl (C=O) groups is 2.